The summed E-state index contributed by atoms with van der Waals surface area (Å²) < 4.78 is 39.6. The van der Waals surface area contributed by atoms with Crippen LogP contribution in [0.5, 0.6) is 0 Å². The fourth-order valence-electron chi connectivity index (χ4n) is 3.82. The zero-order chi connectivity index (χ0) is 27.6. The first-order chi connectivity index (χ1) is 16.5. The number of nitrogens with zero attached hydrogens (tertiary/aromatic N) is 1. The first kappa shape index (κ1) is 32.5. The Bertz CT molecular complexity index is 981. The summed E-state index contributed by atoms with van der Waals surface area (Å²) in [5.41, 5.74) is 0. The molecule has 0 aliphatic carbocycles. The van der Waals surface area contributed by atoms with Gasteiger partial charge in [-0.25, -0.2) is 8.42 Å². The van der Waals surface area contributed by atoms with Crippen molar-refractivity contribution >= 4 is 40.9 Å². The van der Waals surface area contributed by atoms with E-state index in [1.165, 1.54) is 18.2 Å². The van der Waals surface area contributed by atoms with E-state index in [2.05, 4.69) is 51.1 Å². The molecule has 0 aromatic heterocycles. The fraction of sp³-hybridized carbons (Fsp3) is 0.560. The number of hydrogen-bond donors (Lipinski definition) is 1. The van der Waals surface area contributed by atoms with Crippen molar-refractivity contribution in [2.75, 3.05) is 19.6 Å². The molecule has 0 fully saturated rings. The Labute approximate surface area is 222 Å². The van der Waals surface area contributed by atoms with Gasteiger partial charge in [-0.05, 0) is 103 Å². The molecule has 0 saturated heterocycles. The lowest BCUT2D eigenvalue weighted by atomic mass is 10.4. The van der Waals surface area contributed by atoms with Crippen LogP contribution in [-0.2, 0) is 22.9 Å². The summed E-state index contributed by atoms with van der Waals surface area (Å²) in [5.74, 6) is -0.608. The molecule has 0 aliphatic heterocycles. The molecule has 1 aromatic carbocycles. The Morgan fingerprint density at radius 1 is 0.944 bits per heavy atom. The molecule has 1 N–H and O–H groups in total. The standard InChI is InChI=1S/C25H46N2O5SSi3/c1-10-27(11-2)21-15-19-24(33(29,30)23-17-13-12-14-18-23)25(28)26-20-16-22-36(9,31-34(3,4)5)32-35(6,7)8/h12-15,17-19,21H,10-11,16,20,22H2,1-9H3,(H,26,28)/b21-15+,24-19+. The van der Waals surface area contributed by atoms with Crippen LogP contribution in [0.25, 0.3) is 0 Å². The molecule has 0 unspecified atom stereocenters. The van der Waals surface area contributed by atoms with Crippen LogP contribution in [0.2, 0.25) is 51.9 Å². The summed E-state index contributed by atoms with van der Waals surface area (Å²) in [4.78, 5) is 15.0. The molecule has 36 heavy (non-hydrogen) atoms. The molecule has 1 aromatic rings. The number of carbonyl (C=O) groups is 1. The largest absolute Gasteiger partial charge is 0.437 e. The van der Waals surface area contributed by atoms with Crippen molar-refractivity contribution in [3.63, 3.8) is 0 Å². The van der Waals surface area contributed by atoms with Gasteiger partial charge in [0.25, 0.3) is 5.91 Å². The Kier molecular flexibility index (Phi) is 12.5. The number of rotatable bonds is 15. The number of nitrogens with one attached hydrogen (secondary N) is 1. The number of allylic oxidation sites excluding steroid dienone is 2. The SMILES string of the molecule is CCN(/C=C/C=C(\C(=O)NCCC[Si](C)(O[Si](C)(C)C)O[Si](C)(C)C)S(=O)(=O)c1ccccc1)CC. The third-order valence-electron chi connectivity index (χ3n) is 5.06. The van der Waals surface area contributed by atoms with Crippen molar-refractivity contribution in [3.8, 4) is 0 Å². The van der Waals surface area contributed by atoms with Gasteiger partial charge in [0.15, 0.2) is 16.6 Å². The topological polar surface area (TPSA) is 84.9 Å². The van der Waals surface area contributed by atoms with Crippen molar-refractivity contribution in [2.24, 2.45) is 0 Å². The van der Waals surface area contributed by atoms with E-state index in [-0.39, 0.29) is 9.80 Å². The van der Waals surface area contributed by atoms with E-state index in [1.807, 2.05) is 18.7 Å². The fourth-order valence-corrected chi connectivity index (χ4v) is 17.7. The average molecular weight is 571 g/mol. The molecule has 0 bridgehead atoms. The van der Waals surface area contributed by atoms with Crippen LogP contribution in [0.3, 0.4) is 0 Å². The van der Waals surface area contributed by atoms with Crippen LogP contribution >= 0.6 is 0 Å². The minimum Gasteiger partial charge on any atom is -0.437 e. The summed E-state index contributed by atoms with van der Waals surface area (Å²) in [5, 5.41) is 2.82. The van der Waals surface area contributed by atoms with Gasteiger partial charge in [0.2, 0.25) is 9.84 Å². The molecule has 0 atom stereocenters. The molecular weight excluding hydrogens is 525 g/mol. The third-order valence-corrected chi connectivity index (χ3v) is 16.5. The molecule has 0 saturated carbocycles. The van der Waals surface area contributed by atoms with Crippen molar-refractivity contribution in [1.29, 1.82) is 0 Å². The van der Waals surface area contributed by atoms with E-state index < -0.39 is 40.9 Å². The van der Waals surface area contributed by atoms with Gasteiger partial charge in [-0.15, -0.1) is 0 Å². The zero-order valence-corrected chi connectivity index (χ0v) is 27.4. The Morgan fingerprint density at radius 3 is 1.94 bits per heavy atom. The van der Waals surface area contributed by atoms with Gasteiger partial charge in [0.05, 0.1) is 4.90 Å². The summed E-state index contributed by atoms with van der Waals surface area (Å²) in [6.07, 6.45) is 5.46. The van der Waals surface area contributed by atoms with Gasteiger partial charge in [0, 0.05) is 19.6 Å². The van der Waals surface area contributed by atoms with E-state index in [0.29, 0.717) is 13.0 Å². The number of benzene rings is 1. The zero-order valence-electron chi connectivity index (χ0n) is 23.6. The van der Waals surface area contributed by atoms with Gasteiger partial charge in [-0.2, -0.15) is 0 Å². The predicted octanol–water partition coefficient (Wildman–Crippen LogP) is 5.48. The van der Waals surface area contributed by atoms with Crippen LogP contribution in [-0.4, -0.2) is 64.1 Å². The molecule has 0 radical (unpaired) electrons. The third kappa shape index (κ3) is 11.7. The maximum Gasteiger partial charge on any atom is 0.314 e. The maximum absolute atomic E-state index is 13.3. The highest BCUT2D eigenvalue weighted by atomic mass is 32.2. The Balaban J connectivity index is 3.05. The number of hydrogen-bond acceptors (Lipinski definition) is 6. The highest BCUT2D eigenvalue weighted by molar-refractivity contribution is 7.96. The van der Waals surface area contributed by atoms with Crippen molar-refractivity contribution in [3.05, 3.63) is 53.6 Å². The highest BCUT2D eigenvalue weighted by Gasteiger charge is 2.39. The summed E-state index contributed by atoms with van der Waals surface area (Å²) in [7, 11) is -10.0. The lowest BCUT2D eigenvalue weighted by molar-refractivity contribution is -0.116. The average Bonchev–Trinajstić information content (AvgIpc) is 2.74. The van der Waals surface area contributed by atoms with Gasteiger partial charge in [-0.3, -0.25) is 4.79 Å². The lowest BCUT2D eigenvalue weighted by Crippen LogP contribution is -2.52. The number of amides is 1. The Morgan fingerprint density at radius 2 is 1.47 bits per heavy atom. The molecule has 1 amide bonds. The quantitative estimate of drug-likeness (QED) is 0.130. The van der Waals surface area contributed by atoms with E-state index >= 15 is 0 Å². The molecule has 7 nitrogen and oxygen atoms in total. The molecule has 1 rings (SSSR count). The summed E-state index contributed by atoms with van der Waals surface area (Å²) in [6, 6.07) is 8.78. The van der Waals surface area contributed by atoms with Gasteiger partial charge < -0.3 is 18.4 Å². The predicted molar refractivity (Wildman–Crippen MR) is 157 cm³/mol. The normalized spacial score (nSPS) is 13.8. The van der Waals surface area contributed by atoms with Crippen molar-refractivity contribution in [1.82, 2.24) is 10.2 Å². The van der Waals surface area contributed by atoms with Gasteiger partial charge >= 0.3 is 8.56 Å². The summed E-state index contributed by atoms with van der Waals surface area (Å²) >= 11 is 0. The maximum atomic E-state index is 13.3. The Hall–Kier alpha value is -1.51. The highest BCUT2D eigenvalue weighted by Crippen LogP contribution is 2.25. The minimum absolute atomic E-state index is 0.0923. The molecule has 0 heterocycles. The first-order valence-corrected chi connectivity index (χ1v) is 23.5. The van der Waals surface area contributed by atoms with Crippen molar-refractivity contribution < 1.29 is 21.4 Å². The number of sulfone groups is 1. The molecule has 11 heteroatoms. The summed E-state index contributed by atoms with van der Waals surface area (Å²) in [6.45, 7) is 21.0. The van der Waals surface area contributed by atoms with Gasteiger partial charge in [0.1, 0.15) is 4.91 Å². The van der Waals surface area contributed by atoms with E-state index in [9.17, 15) is 13.2 Å². The van der Waals surface area contributed by atoms with E-state index in [4.69, 9.17) is 8.23 Å². The molecule has 0 aliphatic rings. The van der Waals surface area contributed by atoms with Crippen LogP contribution in [0, 0.1) is 0 Å². The van der Waals surface area contributed by atoms with Crippen LogP contribution in [0.4, 0.5) is 0 Å². The lowest BCUT2D eigenvalue weighted by Gasteiger charge is -2.38. The second kappa shape index (κ2) is 13.9. The van der Waals surface area contributed by atoms with Crippen LogP contribution in [0.1, 0.15) is 20.3 Å². The number of carbonyl (C=O) groups excluding carboxylic acids is 1. The van der Waals surface area contributed by atoms with Crippen LogP contribution < -0.4 is 5.32 Å². The van der Waals surface area contributed by atoms with E-state index in [0.717, 1.165) is 19.1 Å². The molecule has 0 spiro atoms. The first-order valence-electron chi connectivity index (χ1n) is 12.6. The van der Waals surface area contributed by atoms with Crippen molar-refractivity contribution in [2.45, 2.75) is 77.0 Å². The minimum atomic E-state index is -3.98. The monoisotopic (exact) mass is 570 g/mol. The second-order valence-electron chi connectivity index (χ2n) is 10.8. The van der Waals surface area contributed by atoms with Crippen LogP contribution in [0.15, 0.2) is 58.5 Å². The molecule has 204 valence electrons. The second-order valence-corrected chi connectivity index (χ2v) is 25.6. The smallest absolute Gasteiger partial charge is 0.314 e. The van der Waals surface area contributed by atoms with Gasteiger partial charge in [-0.1, -0.05) is 18.2 Å². The molecular formula is C25H46N2O5SSi3. The van der Waals surface area contributed by atoms with E-state index in [1.54, 1.807) is 30.5 Å².